The van der Waals surface area contributed by atoms with Crippen molar-refractivity contribution in [2.24, 2.45) is 5.92 Å². The van der Waals surface area contributed by atoms with Crippen LogP contribution in [0.3, 0.4) is 0 Å². The molecular formula is C27H31F2N9O2S2. The molecule has 1 N–H and O–H groups in total. The molecule has 0 bridgehead atoms. The van der Waals surface area contributed by atoms with Crippen LogP contribution in [0, 0.1) is 17.2 Å². The van der Waals surface area contributed by atoms with E-state index in [9.17, 15) is 22.5 Å². The van der Waals surface area contributed by atoms with Gasteiger partial charge in [-0.3, -0.25) is 4.57 Å². The van der Waals surface area contributed by atoms with Gasteiger partial charge in [0.25, 0.3) is 6.43 Å². The van der Waals surface area contributed by atoms with Gasteiger partial charge >= 0.3 is 0 Å². The van der Waals surface area contributed by atoms with Crippen molar-refractivity contribution in [1.29, 1.82) is 5.26 Å². The van der Waals surface area contributed by atoms with E-state index in [2.05, 4.69) is 55.5 Å². The van der Waals surface area contributed by atoms with Crippen LogP contribution in [0.4, 0.5) is 14.6 Å². The van der Waals surface area contributed by atoms with Crippen molar-refractivity contribution in [3.05, 3.63) is 29.5 Å². The lowest BCUT2D eigenvalue weighted by molar-refractivity contribution is 0.141. The number of nitriles is 1. The second-order valence-electron chi connectivity index (χ2n) is 10.9. The highest BCUT2D eigenvalue weighted by atomic mass is 32.2. The number of anilines is 1. The number of sulfonamides is 1. The lowest BCUT2D eigenvalue weighted by Gasteiger charge is -2.42. The number of nitrogens with one attached hydrogen (secondary N) is 1. The van der Waals surface area contributed by atoms with Crippen molar-refractivity contribution in [2.45, 2.75) is 62.9 Å². The molecule has 11 nitrogen and oxygen atoms in total. The Hall–Kier alpha value is -3.32. The summed E-state index contributed by atoms with van der Waals surface area (Å²) in [7, 11) is -4.05. The van der Waals surface area contributed by atoms with Crippen molar-refractivity contribution in [2.75, 3.05) is 31.1 Å². The number of aromatic nitrogens is 5. The highest BCUT2D eigenvalue weighted by Crippen LogP contribution is 2.40. The van der Waals surface area contributed by atoms with E-state index in [1.165, 1.54) is 18.5 Å². The Morgan fingerprint density at radius 2 is 2.00 bits per heavy atom. The van der Waals surface area contributed by atoms with Crippen molar-refractivity contribution >= 4 is 49.1 Å². The molecule has 42 heavy (non-hydrogen) atoms. The third kappa shape index (κ3) is 4.89. The van der Waals surface area contributed by atoms with Crippen LogP contribution in [-0.4, -0.2) is 75.8 Å². The fourth-order valence-electron chi connectivity index (χ4n) is 6.04. The summed E-state index contributed by atoms with van der Waals surface area (Å²) in [5, 5.41) is 18.2. The molecule has 1 saturated heterocycles. The minimum Gasteiger partial charge on any atom is -0.356 e. The quantitative estimate of drug-likeness (QED) is 0.293. The van der Waals surface area contributed by atoms with Crippen LogP contribution in [0.15, 0.2) is 29.4 Å². The molecule has 0 amide bonds. The summed E-state index contributed by atoms with van der Waals surface area (Å²) in [6, 6.07) is 7.13. The molecule has 6 rings (SSSR count). The highest BCUT2D eigenvalue weighted by molar-refractivity contribution is 7.89. The SMILES string of the molecule is CCN(CC)C1CCN(c2ncnc3c2c2ccc(S(=O)(=O)NC4(C#N)CC4)cc2n3-c2nnc(C(F)F)s2)C[C@@H]1C. The molecule has 1 unspecified atom stereocenters. The molecule has 2 fully saturated rings. The third-order valence-corrected chi connectivity index (χ3v) is 10.8. The van der Waals surface area contributed by atoms with Gasteiger partial charge in [0.15, 0.2) is 10.7 Å². The predicted octanol–water partition coefficient (Wildman–Crippen LogP) is 4.25. The van der Waals surface area contributed by atoms with Gasteiger partial charge in [-0.15, -0.1) is 10.2 Å². The number of halogens is 2. The first-order valence-electron chi connectivity index (χ1n) is 14.0. The number of hydrogen-bond donors (Lipinski definition) is 1. The van der Waals surface area contributed by atoms with Crippen LogP contribution in [0.1, 0.15) is 51.5 Å². The maximum atomic E-state index is 13.5. The first kappa shape index (κ1) is 28.8. The van der Waals surface area contributed by atoms with Crippen LogP contribution in [-0.2, 0) is 10.0 Å². The number of benzene rings is 1. The number of piperidine rings is 1. The number of hydrogen-bond acceptors (Lipinski definition) is 10. The molecule has 4 heterocycles. The van der Waals surface area contributed by atoms with Crippen molar-refractivity contribution in [3.8, 4) is 11.2 Å². The highest BCUT2D eigenvalue weighted by Gasteiger charge is 2.47. The summed E-state index contributed by atoms with van der Waals surface area (Å²) >= 11 is 0.719. The molecule has 4 aromatic rings. The van der Waals surface area contributed by atoms with E-state index in [1.54, 1.807) is 10.6 Å². The van der Waals surface area contributed by atoms with Crippen LogP contribution < -0.4 is 9.62 Å². The van der Waals surface area contributed by atoms with Crippen molar-refractivity contribution in [1.82, 2.24) is 34.4 Å². The fraction of sp³-hybridized carbons (Fsp3) is 0.519. The monoisotopic (exact) mass is 615 g/mol. The lowest BCUT2D eigenvalue weighted by Crippen LogP contribution is -2.50. The van der Waals surface area contributed by atoms with Gasteiger partial charge in [0.2, 0.25) is 15.2 Å². The van der Waals surface area contributed by atoms with Gasteiger partial charge in [-0.25, -0.2) is 27.2 Å². The zero-order chi connectivity index (χ0) is 29.8. The summed E-state index contributed by atoms with van der Waals surface area (Å²) in [6.45, 7) is 10.1. The zero-order valence-corrected chi connectivity index (χ0v) is 25.1. The molecule has 0 radical (unpaired) electrons. The third-order valence-electron chi connectivity index (χ3n) is 8.35. The Labute approximate surface area is 246 Å². The zero-order valence-electron chi connectivity index (χ0n) is 23.5. The molecule has 15 heteroatoms. The molecule has 2 aliphatic rings. The number of alkyl halides is 2. The predicted molar refractivity (Wildman–Crippen MR) is 155 cm³/mol. The summed E-state index contributed by atoms with van der Waals surface area (Å²) in [5.74, 6) is 1.06. The molecule has 222 valence electrons. The Balaban J connectivity index is 1.50. The summed E-state index contributed by atoms with van der Waals surface area (Å²) < 4.78 is 57.7. The van der Waals surface area contributed by atoms with E-state index in [1.807, 2.05) is 6.07 Å². The molecule has 0 spiro atoms. The topological polar surface area (TPSA) is 133 Å². The van der Waals surface area contributed by atoms with Gasteiger partial charge in [-0.1, -0.05) is 38.2 Å². The number of fused-ring (bicyclic) bond motifs is 3. The normalized spacial score (nSPS) is 20.6. The first-order valence-corrected chi connectivity index (χ1v) is 16.3. The maximum absolute atomic E-state index is 13.5. The van der Waals surface area contributed by atoms with E-state index in [0.29, 0.717) is 52.6 Å². The minimum absolute atomic E-state index is 0.0534. The van der Waals surface area contributed by atoms with Crippen LogP contribution in [0.2, 0.25) is 0 Å². The smallest absolute Gasteiger partial charge is 0.291 e. The lowest BCUT2D eigenvalue weighted by atomic mass is 9.92. The van der Waals surface area contributed by atoms with E-state index >= 15 is 0 Å². The molecular weight excluding hydrogens is 584 g/mol. The van der Waals surface area contributed by atoms with E-state index in [4.69, 9.17) is 0 Å². The van der Waals surface area contributed by atoms with Gasteiger partial charge in [-0.2, -0.15) is 9.98 Å². The van der Waals surface area contributed by atoms with Gasteiger partial charge in [-0.05, 0) is 50.4 Å². The second kappa shape index (κ2) is 10.7. The van der Waals surface area contributed by atoms with E-state index in [0.717, 1.165) is 43.9 Å². The maximum Gasteiger partial charge on any atom is 0.291 e. The molecule has 2 atom stereocenters. The van der Waals surface area contributed by atoms with E-state index < -0.39 is 27.0 Å². The average Bonchev–Trinajstić information content (AvgIpc) is 3.41. The van der Waals surface area contributed by atoms with Crippen LogP contribution >= 0.6 is 11.3 Å². The minimum atomic E-state index is -4.05. The Bertz CT molecular complexity index is 1790. The van der Waals surface area contributed by atoms with Crippen LogP contribution in [0.5, 0.6) is 0 Å². The van der Waals surface area contributed by atoms with Crippen molar-refractivity contribution in [3.63, 3.8) is 0 Å². The number of rotatable bonds is 9. The molecule has 1 aliphatic carbocycles. The largest absolute Gasteiger partial charge is 0.356 e. The standard InChI is InChI=1S/C27H31F2N9O2S2/c1-4-36(5-2)19-8-11-37(13-16(19)3)23-21-18-7-6-17(42(39,40)35-27(14-30)9-10-27)12-20(18)38(24(21)32-15-31-23)26-34-33-25(41-26)22(28)29/h6-7,12,15-16,19,22,35H,4-5,8-11,13H2,1-3H3/t16-,19?/m0/s1. The fourth-order valence-corrected chi connectivity index (χ4v) is 8.16. The number of nitrogens with zero attached hydrogens (tertiary/aromatic N) is 8. The van der Waals surface area contributed by atoms with Gasteiger partial charge in [0.05, 0.1) is 21.9 Å². The van der Waals surface area contributed by atoms with Crippen molar-refractivity contribution < 1.29 is 17.2 Å². The summed E-state index contributed by atoms with van der Waals surface area (Å²) in [6.07, 6.45) is 0.468. The van der Waals surface area contributed by atoms with Gasteiger partial charge in [0.1, 0.15) is 17.7 Å². The summed E-state index contributed by atoms with van der Waals surface area (Å²) in [4.78, 5) is 13.8. The van der Waals surface area contributed by atoms with Gasteiger partial charge < -0.3 is 9.80 Å². The summed E-state index contributed by atoms with van der Waals surface area (Å²) in [5.41, 5.74) is -0.262. The second-order valence-corrected chi connectivity index (χ2v) is 13.6. The first-order chi connectivity index (χ1) is 20.1. The molecule has 1 saturated carbocycles. The van der Waals surface area contributed by atoms with E-state index in [-0.39, 0.29) is 10.0 Å². The molecule has 1 aromatic carbocycles. The average molecular weight is 616 g/mol. The van der Waals surface area contributed by atoms with Gasteiger partial charge in [0, 0.05) is 24.5 Å². The Morgan fingerprint density at radius 1 is 1.24 bits per heavy atom. The Kier molecular flexibility index (Phi) is 7.37. The molecule has 1 aliphatic heterocycles. The Morgan fingerprint density at radius 3 is 2.62 bits per heavy atom. The molecule has 3 aromatic heterocycles. The van der Waals surface area contributed by atoms with Crippen LogP contribution in [0.25, 0.3) is 27.1 Å².